The molecule has 0 saturated heterocycles. The first kappa shape index (κ1) is 20.0. The third kappa shape index (κ3) is 2.21. The molecule has 6 heteroatoms. The highest BCUT2D eigenvalue weighted by Crippen LogP contribution is 2.65. The topological polar surface area (TPSA) is 84.9 Å². The summed E-state index contributed by atoms with van der Waals surface area (Å²) in [7, 11) is 1.60. The fraction of sp³-hybridized carbons (Fsp3) is 0.667. The van der Waals surface area contributed by atoms with E-state index < -0.39 is 23.3 Å². The molecule has 2 heterocycles. The maximum absolute atomic E-state index is 13.2. The van der Waals surface area contributed by atoms with Gasteiger partial charge in [0.2, 0.25) is 0 Å². The zero-order valence-corrected chi connectivity index (χ0v) is 18.4. The third-order valence-electron chi connectivity index (χ3n) is 8.98. The second-order valence-corrected chi connectivity index (χ2v) is 10.5. The van der Waals surface area contributed by atoms with Crippen LogP contribution in [0.3, 0.4) is 0 Å². The Kier molecular flexibility index (Phi) is 4.05. The van der Waals surface area contributed by atoms with Crippen LogP contribution in [0.2, 0.25) is 0 Å². The Labute approximate surface area is 177 Å². The Balaban J connectivity index is 1.74. The van der Waals surface area contributed by atoms with Crippen LogP contribution in [0.15, 0.2) is 12.1 Å². The average molecular weight is 414 g/mol. The molecule has 5 rings (SSSR count). The maximum Gasteiger partial charge on any atom is 0.254 e. The van der Waals surface area contributed by atoms with E-state index in [0.717, 1.165) is 24.8 Å². The fourth-order valence-corrected chi connectivity index (χ4v) is 7.03. The van der Waals surface area contributed by atoms with Gasteiger partial charge in [-0.05, 0) is 36.8 Å². The molecule has 4 aliphatic rings. The molecule has 0 radical (unpaired) electrons. The zero-order chi connectivity index (χ0) is 21.6. The first-order valence-electron chi connectivity index (χ1n) is 11.0. The normalized spacial score (nSPS) is 41.1. The summed E-state index contributed by atoms with van der Waals surface area (Å²) in [4.78, 5) is 25.5. The van der Waals surface area contributed by atoms with Gasteiger partial charge in [0.25, 0.3) is 5.91 Å². The van der Waals surface area contributed by atoms with E-state index in [-0.39, 0.29) is 23.0 Å². The molecule has 2 fully saturated rings. The van der Waals surface area contributed by atoms with Crippen LogP contribution in [0.5, 0.6) is 5.75 Å². The predicted octanol–water partition coefficient (Wildman–Crippen LogP) is 3.16. The number of methoxy groups -OCH3 is 1. The van der Waals surface area contributed by atoms with Crippen molar-refractivity contribution in [2.24, 2.45) is 22.7 Å². The molecule has 162 valence electrons. The van der Waals surface area contributed by atoms with Crippen molar-refractivity contribution in [1.29, 1.82) is 0 Å². The molecule has 2 N–H and O–H groups in total. The van der Waals surface area contributed by atoms with Crippen LogP contribution in [0.1, 0.15) is 74.7 Å². The van der Waals surface area contributed by atoms with Crippen LogP contribution in [0, 0.1) is 22.7 Å². The van der Waals surface area contributed by atoms with Crippen LogP contribution in [-0.4, -0.2) is 35.6 Å². The molecular weight excluding hydrogens is 382 g/mol. The van der Waals surface area contributed by atoms with E-state index in [1.54, 1.807) is 13.2 Å². The van der Waals surface area contributed by atoms with Gasteiger partial charge >= 0.3 is 0 Å². The number of ether oxygens (including phenoxy) is 2. The number of amides is 1. The lowest BCUT2D eigenvalue weighted by Gasteiger charge is -2.66. The summed E-state index contributed by atoms with van der Waals surface area (Å²) in [5.41, 5.74) is 0.658. The Morgan fingerprint density at radius 1 is 1.20 bits per heavy atom. The molecule has 6 nitrogen and oxygen atoms in total. The van der Waals surface area contributed by atoms with Crippen LogP contribution in [0.25, 0.3) is 0 Å². The van der Waals surface area contributed by atoms with E-state index in [1.165, 1.54) is 0 Å². The number of aliphatic hydroxyl groups is 1. The van der Waals surface area contributed by atoms with Gasteiger partial charge < -0.3 is 19.9 Å². The monoisotopic (exact) mass is 413 g/mol. The SMILES string of the molecule is COC1C[C@@]23Oc4c(ccc5c4C(O)NC5=O)C[C@]2(C)[C@@H](C)CC[C@H]3C(C)(C)C1=O. The highest BCUT2D eigenvalue weighted by molar-refractivity contribution is 6.00. The molecular formula is C24H31NO5. The summed E-state index contributed by atoms with van der Waals surface area (Å²) in [6.07, 6.45) is 1.65. The van der Waals surface area contributed by atoms with Gasteiger partial charge in [-0.15, -0.1) is 0 Å². The second kappa shape index (κ2) is 6.07. The number of fused-ring (bicyclic) bond motifs is 3. The largest absolute Gasteiger partial charge is 0.485 e. The van der Waals surface area contributed by atoms with Crippen molar-refractivity contribution >= 4 is 11.7 Å². The molecule has 0 aromatic heterocycles. The van der Waals surface area contributed by atoms with Crippen LogP contribution < -0.4 is 10.1 Å². The van der Waals surface area contributed by atoms with E-state index in [0.29, 0.717) is 29.2 Å². The van der Waals surface area contributed by atoms with Crippen molar-refractivity contribution in [2.45, 2.75) is 71.3 Å². The molecule has 1 amide bonds. The van der Waals surface area contributed by atoms with E-state index in [9.17, 15) is 14.7 Å². The summed E-state index contributed by atoms with van der Waals surface area (Å²) in [5.74, 6) is 0.923. The molecule has 2 unspecified atom stereocenters. The van der Waals surface area contributed by atoms with Crippen LogP contribution >= 0.6 is 0 Å². The summed E-state index contributed by atoms with van der Waals surface area (Å²) >= 11 is 0. The van der Waals surface area contributed by atoms with Gasteiger partial charge in [-0.1, -0.05) is 33.8 Å². The molecule has 6 atom stereocenters. The van der Waals surface area contributed by atoms with Crippen molar-refractivity contribution in [3.8, 4) is 5.75 Å². The number of nitrogens with one attached hydrogen (secondary N) is 1. The maximum atomic E-state index is 13.2. The lowest BCUT2D eigenvalue weighted by molar-refractivity contribution is -0.226. The average Bonchev–Trinajstić information content (AvgIpc) is 2.98. The summed E-state index contributed by atoms with van der Waals surface area (Å²) in [6.45, 7) is 8.62. The van der Waals surface area contributed by atoms with Gasteiger partial charge in [0, 0.05) is 30.3 Å². The van der Waals surface area contributed by atoms with E-state index in [1.807, 2.05) is 19.9 Å². The first-order chi connectivity index (χ1) is 14.1. The Morgan fingerprint density at radius 2 is 1.93 bits per heavy atom. The number of Topliss-reactive ketones (excluding diaryl/α,β-unsaturated/α-hetero) is 1. The standard InChI is InChI=1S/C24H31NO5/c1-12-6-9-16-22(2,3)19(26)15(29-5)11-24(16)23(12,4)10-13-7-8-14-17(18(13)30-24)21(28)25-20(14)27/h7-8,12,15-16,21,28H,6,9-11H2,1-5H3,(H,25,27)/t12-,15?,16-,21?,23+,24-/m0/s1. The Morgan fingerprint density at radius 3 is 2.63 bits per heavy atom. The molecule has 2 saturated carbocycles. The van der Waals surface area contributed by atoms with Gasteiger partial charge in [-0.2, -0.15) is 0 Å². The Bertz CT molecular complexity index is 955. The fourth-order valence-electron chi connectivity index (χ4n) is 7.03. The van der Waals surface area contributed by atoms with E-state index >= 15 is 0 Å². The number of carbonyl (C=O) groups excluding carboxylic acids is 2. The van der Waals surface area contributed by atoms with Crippen LogP contribution in [-0.2, 0) is 16.0 Å². The van der Waals surface area contributed by atoms with E-state index in [4.69, 9.17) is 9.47 Å². The number of carbonyl (C=O) groups is 2. The zero-order valence-electron chi connectivity index (χ0n) is 18.4. The predicted molar refractivity (Wildman–Crippen MR) is 110 cm³/mol. The minimum Gasteiger partial charge on any atom is -0.485 e. The highest BCUT2D eigenvalue weighted by Gasteiger charge is 2.70. The summed E-state index contributed by atoms with van der Waals surface area (Å²) in [6, 6.07) is 3.76. The minimum atomic E-state index is -1.07. The first-order valence-corrected chi connectivity index (χ1v) is 11.0. The van der Waals surface area contributed by atoms with Crippen molar-refractivity contribution < 1.29 is 24.2 Å². The smallest absolute Gasteiger partial charge is 0.254 e. The quantitative estimate of drug-likeness (QED) is 0.739. The number of benzene rings is 1. The lowest BCUT2D eigenvalue weighted by Crippen LogP contribution is -2.72. The van der Waals surface area contributed by atoms with Crippen molar-refractivity contribution in [1.82, 2.24) is 5.32 Å². The van der Waals surface area contributed by atoms with Gasteiger partial charge in [-0.3, -0.25) is 9.59 Å². The molecule has 2 aliphatic carbocycles. The van der Waals surface area contributed by atoms with Gasteiger partial charge in [0.1, 0.15) is 17.5 Å². The number of ketones is 1. The summed E-state index contributed by atoms with van der Waals surface area (Å²) < 4.78 is 12.7. The molecule has 1 spiro atoms. The third-order valence-corrected chi connectivity index (χ3v) is 8.98. The molecule has 0 bridgehead atoms. The van der Waals surface area contributed by atoms with Crippen molar-refractivity contribution in [3.63, 3.8) is 0 Å². The Hall–Kier alpha value is -1.92. The van der Waals surface area contributed by atoms with Crippen molar-refractivity contribution in [3.05, 3.63) is 28.8 Å². The minimum absolute atomic E-state index is 0.0383. The number of rotatable bonds is 1. The van der Waals surface area contributed by atoms with Gasteiger partial charge in [0.15, 0.2) is 12.0 Å². The van der Waals surface area contributed by atoms with Gasteiger partial charge in [-0.25, -0.2) is 0 Å². The second-order valence-electron chi connectivity index (χ2n) is 10.5. The van der Waals surface area contributed by atoms with Crippen LogP contribution in [0.4, 0.5) is 0 Å². The molecule has 2 aliphatic heterocycles. The van der Waals surface area contributed by atoms with E-state index in [2.05, 4.69) is 19.2 Å². The number of hydrogen-bond donors (Lipinski definition) is 2. The lowest BCUT2D eigenvalue weighted by atomic mass is 9.43. The summed E-state index contributed by atoms with van der Waals surface area (Å²) in [5, 5.41) is 13.2. The van der Waals surface area contributed by atoms with Gasteiger partial charge in [0.05, 0.1) is 11.1 Å². The number of hydrogen-bond acceptors (Lipinski definition) is 5. The molecule has 1 aromatic carbocycles. The highest BCUT2D eigenvalue weighted by atomic mass is 16.5. The van der Waals surface area contributed by atoms with Crippen molar-refractivity contribution in [2.75, 3.05) is 7.11 Å². The number of aliphatic hydroxyl groups excluding tert-OH is 1. The molecule has 30 heavy (non-hydrogen) atoms. The molecule has 1 aromatic rings.